The zero-order valence-electron chi connectivity index (χ0n) is 12.1. The molecule has 0 saturated heterocycles. The maximum atomic E-state index is 12.4. The van der Waals surface area contributed by atoms with E-state index in [1.165, 1.54) is 7.11 Å². The van der Waals surface area contributed by atoms with Gasteiger partial charge < -0.3 is 14.6 Å². The van der Waals surface area contributed by atoms with E-state index < -0.39 is 25.2 Å². The van der Waals surface area contributed by atoms with Crippen LogP contribution in [0.3, 0.4) is 0 Å². The number of carbonyl (C=O) groups is 2. The zero-order chi connectivity index (χ0) is 15.1. The van der Waals surface area contributed by atoms with Gasteiger partial charge in [0.05, 0.1) is 7.11 Å². The van der Waals surface area contributed by atoms with Crippen LogP contribution in [-0.2, 0) is 18.6 Å². The summed E-state index contributed by atoms with van der Waals surface area (Å²) >= 11 is 0. The lowest BCUT2D eigenvalue weighted by Gasteiger charge is -2.22. The molecule has 0 aliphatic rings. The van der Waals surface area contributed by atoms with Gasteiger partial charge in [0.2, 0.25) is 0 Å². The summed E-state index contributed by atoms with van der Waals surface area (Å²) in [4.78, 5) is 23.4. The molecule has 0 radical (unpaired) electrons. The fraction of sp³-hybridized carbons (Fsp3) is 0.818. The lowest BCUT2D eigenvalue weighted by atomic mass is 10.2. The summed E-state index contributed by atoms with van der Waals surface area (Å²) in [6.45, 7) is 5.34. The second-order valence-corrected chi connectivity index (χ2v) is 6.46. The third-order valence-electron chi connectivity index (χ3n) is 2.33. The Labute approximate surface area is 113 Å². The van der Waals surface area contributed by atoms with Gasteiger partial charge in [0.25, 0.3) is 0 Å². The Bertz CT molecular complexity index is 359. The average Bonchev–Trinajstić information content (AvgIpc) is 2.36. The van der Waals surface area contributed by atoms with Crippen molar-refractivity contribution >= 4 is 19.1 Å². The summed E-state index contributed by atoms with van der Waals surface area (Å²) in [7, 11) is -1.40. The predicted molar refractivity (Wildman–Crippen MR) is 72.1 cm³/mol. The molecule has 0 aromatic rings. The minimum atomic E-state index is -3.80. The molecule has 19 heavy (non-hydrogen) atoms. The first-order valence-corrected chi connectivity index (χ1v) is 7.75. The first-order valence-electron chi connectivity index (χ1n) is 6.13. The fourth-order valence-corrected chi connectivity index (χ4v) is 2.86. The van der Waals surface area contributed by atoms with E-state index in [4.69, 9.17) is 4.52 Å². The third kappa shape index (κ3) is 5.72. The Morgan fingerprint density at radius 1 is 1.26 bits per heavy atom. The second-order valence-electron chi connectivity index (χ2n) is 4.33. The zero-order valence-corrected chi connectivity index (χ0v) is 13.0. The molecular formula is C11H23N2O5P. The first-order chi connectivity index (χ1) is 8.80. The van der Waals surface area contributed by atoms with Gasteiger partial charge in [-0.2, -0.15) is 0 Å². The molecular weight excluding hydrogens is 271 g/mol. The van der Waals surface area contributed by atoms with Gasteiger partial charge in [0.1, 0.15) is 6.04 Å². The molecule has 2 atom stereocenters. The summed E-state index contributed by atoms with van der Waals surface area (Å²) in [5.74, 6) is -0.573. The van der Waals surface area contributed by atoms with E-state index in [-0.39, 0.29) is 6.04 Å². The lowest BCUT2D eigenvalue weighted by Crippen LogP contribution is -2.40. The van der Waals surface area contributed by atoms with E-state index in [1.54, 1.807) is 13.8 Å². The fourth-order valence-electron chi connectivity index (χ4n) is 1.40. The number of esters is 1. The van der Waals surface area contributed by atoms with Crippen LogP contribution >= 0.6 is 7.52 Å². The highest BCUT2D eigenvalue weighted by molar-refractivity contribution is 7.74. The van der Waals surface area contributed by atoms with Crippen molar-refractivity contribution in [2.75, 3.05) is 14.2 Å². The van der Waals surface area contributed by atoms with Gasteiger partial charge in [-0.3, -0.25) is 14.2 Å². The highest BCUT2D eigenvalue weighted by Gasteiger charge is 2.37. The van der Waals surface area contributed by atoms with Crippen molar-refractivity contribution in [3.63, 3.8) is 0 Å². The molecule has 2 unspecified atom stereocenters. The van der Waals surface area contributed by atoms with Crippen molar-refractivity contribution in [3.05, 3.63) is 0 Å². The second kappa shape index (κ2) is 8.30. The number of carbonyl (C=O) groups excluding carboxylic acids is 2. The molecule has 8 heteroatoms. The van der Waals surface area contributed by atoms with Crippen LogP contribution in [0.2, 0.25) is 0 Å². The van der Waals surface area contributed by atoms with Crippen molar-refractivity contribution in [2.45, 2.75) is 45.7 Å². The minimum Gasteiger partial charge on any atom is -0.468 e. The average molecular weight is 294 g/mol. The molecule has 0 rings (SSSR count). The molecule has 7 nitrogen and oxygen atoms in total. The van der Waals surface area contributed by atoms with Gasteiger partial charge in [-0.1, -0.05) is 13.3 Å². The maximum absolute atomic E-state index is 12.4. The summed E-state index contributed by atoms with van der Waals surface area (Å²) in [6.07, 6.45) is 1.07. The van der Waals surface area contributed by atoms with Gasteiger partial charge in [-0.05, 0) is 20.3 Å². The van der Waals surface area contributed by atoms with Gasteiger partial charge in [0, 0.05) is 13.2 Å². The Morgan fingerprint density at radius 3 is 2.21 bits per heavy atom. The first kappa shape index (κ1) is 18.1. The Balaban J connectivity index is 4.96. The van der Waals surface area contributed by atoms with E-state index in [0.29, 0.717) is 12.8 Å². The smallest absolute Gasteiger partial charge is 0.356 e. The monoisotopic (exact) mass is 294 g/mol. The number of ether oxygens (including phenoxy) is 1. The third-order valence-corrected chi connectivity index (χ3v) is 4.16. The number of nitrogens with one attached hydrogen (secondary N) is 2. The SMILES string of the molecule is CCCC(NP(=O)(OC)C(=O)NC(C)C)C(=O)OC. The van der Waals surface area contributed by atoms with E-state index in [1.807, 2.05) is 6.92 Å². The quantitative estimate of drug-likeness (QED) is 0.524. The van der Waals surface area contributed by atoms with Crippen molar-refractivity contribution in [1.29, 1.82) is 0 Å². The molecule has 0 spiro atoms. The highest BCUT2D eigenvalue weighted by atomic mass is 31.2. The molecule has 0 aromatic carbocycles. The normalized spacial score (nSPS) is 15.7. The largest absolute Gasteiger partial charge is 0.468 e. The Hall–Kier alpha value is -0.910. The number of hydrogen-bond acceptors (Lipinski definition) is 5. The highest BCUT2D eigenvalue weighted by Crippen LogP contribution is 2.43. The van der Waals surface area contributed by atoms with Crippen LogP contribution in [0.1, 0.15) is 33.6 Å². The van der Waals surface area contributed by atoms with Crippen molar-refractivity contribution in [3.8, 4) is 0 Å². The summed E-state index contributed by atoms with van der Waals surface area (Å²) in [5, 5.41) is 4.98. The Kier molecular flexibility index (Phi) is 7.90. The molecule has 1 amide bonds. The standard InChI is InChI=1S/C11H23N2O5P/c1-6-7-9(10(14)17-4)13-19(16,18-5)11(15)12-8(2)3/h8-9H,6-7H2,1-5H3,(H,12,15)(H,13,16). The van der Waals surface area contributed by atoms with E-state index in [9.17, 15) is 14.2 Å². The predicted octanol–water partition coefficient (Wildman–Crippen LogP) is 1.88. The van der Waals surface area contributed by atoms with Crippen LogP contribution in [0.15, 0.2) is 0 Å². The van der Waals surface area contributed by atoms with Crippen LogP contribution in [-0.4, -0.2) is 37.9 Å². The lowest BCUT2D eigenvalue weighted by molar-refractivity contribution is -0.142. The van der Waals surface area contributed by atoms with Crippen LogP contribution in [0.5, 0.6) is 0 Å². The van der Waals surface area contributed by atoms with Crippen LogP contribution in [0.25, 0.3) is 0 Å². The van der Waals surface area contributed by atoms with Gasteiger partial charge in [0.15, 0.2) is 0 Å². The van der Waals surface area contributed by atoms with Crippen LogP contribution < -0.4 is 10.4 Å². The van der Waals surface area contributed by atoms with E-state index in [2.05, 4.69) is 15.1 Å². The molecule has 0 bridgehead atoms. The number of rotatable bonds is 8. The maximum Gasteiger partial charge on any atom is 0.356 e. The van der Waals surface area contributed by atoms with Crippen molar-refractivity contribution in [2.24, 2.45) is 0 Å². The molecule has 0 saturated carbocycles. The van der Waals surface area contributed by atoms with Crippen molar-refractivity contribution in [1.82, 2.24) is 10.4 Å². The summed E-state index contributed by atoms with van der Waals surface area (Å²) < 4.78 is 21.8. The molecule has 0 aliphatic heterocycles. The molecule has 0 heterocycles. The number of hydrogen-bond donors (Lipinski definition) is 2. The van der Waals surface area contributed by atoms with Crippen molar-refractivity contribution < 1.29 is 23.4 Å². The van der Waals surface area contributed by atoms with E-state index >= 15 is 0 Å². The number of amides is 1. The Morgan fingerprint density at radius 2 is 1.84 bits per heavy atom. The van der Waals surface area contributed by atoms with Gasteiger partial charge in [-0.15, -0.1) is 0 Å². The van der Waals surface area contributed by atoms with E-state index in [0.717, 1.165) is 7.11 Å². The molecule has 112 valence electrons. The van der Waals surface area contributed by atoms with Gasteiger partial charge in [-0.25, -0.2) is 5.09 Å². The topological polar surface area (TPSA) is 93.7 Å². The van der Waals surface area contributed by atoms with Gasteiger partial charge >= 0.3 is 19.1 Å². The molecule has 0 aliphatic carbocycles. The summed E-state index contributed by atoms with van der Waals surface area (Å²) in [5.41, 5.74) is -0.755. The summed E-state index contributed by atoms with van der Waals surface area (Å²) in [6, 6.07) is -1.01. The van der Waals surface area contributed by atoms with Crippen LogP contribution in [0.4, 0.5) is 4.79 Å². The molecule has 0 fully saturated rings. The van der Waals surface area contributed by atoms with Crippen LogP contribution in [0, 0.1) is 0 Å². The number of methoxy groups -OCH3 is 1. The minimum absolute atomic E-state index is 0.180. The molecule has 0 aromatic heterocycles. The molecule has 2 N–H and O–H groups in total.